The zero-order chi connectivity index (χ0) is 55.5. The van der Waals surface area contributed by atoms with Crippen molar-refractivity contribution in [2.75, 3.05) is 31.6 Å². The molecule has 420 valence electrons. The molecule has 1 aromatic heterocycles. The van der Waals surface area contributed by atoms with Crippen LogP contribution in [-0.4, -0.2) is 93.9 Å². The molecule has 5 aromatic rings. The lowest BCUT2D eigenvalue weighted by Crippen LogP contribution is -2.53. The van der Waals surface area contributed by atoms with E-state index in [4.69, 9.17) is 16.2 Å². The molecule has 0 radical (unpaired) electrons. The molecule has 1 fully saturated rings. The van der Waals surface area contributed by atoms with E-state index in [1.54, 1.807) is 6.33 Å². The average Bonchev–Trinajstić information content (AvgIpc) is 3.92. The molecule has 0 spiro atoms. The number of carboxylic acid groups (broad SMARTS) is 1. The first-order chi connectivity index (χ1) is 37.8. The Morgan fingerprint density at radius 1 is 0.718 bits per heavy atom. The topological polar surface area (TPSA) is 252 Å². The van der Waals surface area contributed by atoms with Crippen molar-refractivity contribution in [3.05, 3.63) is 131 Å². The number of primary amides is 2. The van der Waals surface area contributed by atoms with Crippen molar-refractivity contribution in [1.29, 1.82) is 0 Å². The summed E-state index contributed by atoms with van der Waals surface area (Å²) in [5.74, 6) is -1.16. The van der Waals surface area contributed by atoms with Gasteiger partial charge in [-0.05, 0) is 167 Å². The lowest BCUT2D eigenvalue weighted by molar-refractivity contribution is -0.137. The number of imidazole rings is 1. The standard InChI is InChI=1S/C62H84N8O8/c1-2-78-53(33-35-70-42-50(30-25-44-14-5-3-6-15-44)49(19-13-24-61(75)76)39-56(70)62(64)77)22-11-16-45(38-60(74)69-52-20-7-4-8-21-52)17-12-23-58(72)65-34-10-9-18-48-29-26-46(28-32-57(63)71)36-51(48)40-59(73)66-41-47-27-31-54-55(37-47)68-43-67-54/h3-8,14-15,20-21,26-27,29,31,36-37,43,45,49-50,53,56H,2,9-13,16-19,22-25,28,30,32-35,38-42H2,1H3,(H2,63,71)(H2,64,77)(H,65,72)(H,66,73)(H,67,68)(H,69,74)(H,75,76). The van der Waals surface area contributed by atoms with Crippen LogP contribution in [0.1, 0.15) is 137 Å². The van der Waals surface area contributed by atoms with Gasteiger partial charge in [-0.3, -0.25) is 33.7 Å². The molecule has 0 aliphatic carbocycles. The minimum Gasteiger partial charge on any atom is -0.481 e. The summed E-state index contributed by atoms with van der Waals surface area (Å²) in [5, 5.41) is 18.5. The predicted octanol–water partition coefficient (Wildman–Crippen LogP) is 8.74. The second-order valence-corrected chi connectivity index (χ2v) is 21.2. The normalized spacial score (nSPS) is 16.3. The van der Waals surface area contributed by atoms with Gasteiger partial charge >= 0.3 is 5.97 Å². The molecule has 5 amide bonds. The number of hydrogen-bond donors (Lipinski definition) is 7. The van der Waals surface area contributed by atoms with Crippen LogP contribution in [0, 0.1) is 17.8 Å². The number of carbonyl (C=O) groups excluding carboxylic acids is 5. The van der Waals surface area contributed by atoms with Gasteiger partial charge in [0.1, 0.15) is 0 Å². The van der Waals surface area contributed by atoms with Gasteiger partial charge in [0, 0.05) is 64.2 Å². The molecule has 0 bridgehead atoms. The third-order valence-corrected chi connectivity index (χ3v) is 15.3. The van der Waals surface area contributed by atoms with E-state index < -0.39 is 12.0 Å². The highest BCUT2D eigenvalue weighted by atomic mass is 16.5. The van der Waals surface area contributed by atoms with Crippen LogP contribution < -0.4 is 27.4 Å². The maximum atomic E-state index is 13.4. The zero-order valence-corrected chi connectivity index (χ0v) is 45.7. The number of nitrogens with two attached hydrogens (primary N) is 2. The van der Waals surface area contributed by atoms with Gasteiger partial charge in [-0.25, -0.2) is 4.98 Å². The molecule has 1 saturated heterocycles. The van der Waals surface area contributed by atoms with Crippen molar-refractivity contribution in [3.8, 4) is 0 Å². The number of rotatable bonds is 36. The van der Waals surface area contributed by atoms with Gasteiger partial charge in [0.25, 0.3) is 0 Å². The molecule has 1 aliphatic rings. The Morgan fingerprint density at radius 2 is 1.49 bits per heavy atom. The molecule has 6 rings (SSSR count). The first kappa shape index (κ1) is 60.3. The second-order valence-electron chi connectivity index (χ2n) is 21.2. The molecular weight excluding hydrogens is 985 g/mol. The number of carbonyl (C=O) groups is 6. The van der Waals surface area contributed by atoms with Crippen LogP contribution >= 0.6 is 0 Å². The van der Waals surface area contributed by atoms with Crippen molar-refractivity contribution in [3.63, 3.8) is 0 Å². The molecule has 0 saturated carbocycles. The Kier molecular flexibility index (Phi) is 25.3. The fourth-order valence-corrected chi connectivity index (χ4v) is 11.1. The summed E-state index contributed by atoms with van der Waals surface area (Å²) < 4.78 is 6.30. The highest BCUT2D eigenvalue weighted by Crippen LogP contribution is 2.35. The Balaban J connectivity index is 0.971. The largest absolute Gasteiger partial charge is 0.481 e. The van der Waals surface area contributed by atoms with Crippen molar-refractivity contribution in [2.24, 2.45) is 29.2 Å². The predicted molar refractivity (Wildman–Crippen MR) is 305 cm³/mol. The number of piperidine rings is 1. The van der Waals surface area contributed by atoms with E-state index in [-0.39, 0.29) is 66.7 Å². The molecule has 1 aliphatic heterocycles. The maximum absolute atomic E-state index is 13.4. The van der Waals surface area contributed by atoms with Crippen LogP contribution in [0.4, 0.5) is 5.69 Å². The summed E-state index contributed by atoms with van der Waals surface area (Å²) in [7, 11) is 0. The Hall–Kier alpha value is -6.91. The molecule has 4 aromatic carbocycles. The van der Waals surface area contributed by atoms with Gasteiger partial charge < -0.3 is 42.2 Å². The van der Waals surface area contributed by atoms with Crippen molar-refractivity contribution in [1.82, 2.24) is 25.5 Å². The third kappa shape index (κ3) is 21.5. The fourth-order valence-electron chi connectivity index (χ4n) is 11.1. The lowest BCUT2D eigenvalue weighted by atomic mass is 9.76. The number of nitrogens with zero attached hydrogens (tertiary/aromatic N) is 2. The monoisotopic (exact) mass is 1070 g/mol. The molecular formula is C62H84N8O8. The van der Waals surface area contributed by atoms with Crippen LogP contribution in [-0.2, 0) is 65.7 Å². The maximum Gasteiger partial charge on any atom is 0.303 e. The van der Waals surface area contributed by atoms with E-state index in [9.17, 15) is 33.9 Å². The number of amides is 5. The van der Waals surface area contributed by atoms with Crippen molar-refractivity contribution >= 4 is 52.2 Å². The number of para-hydroxylation sites is 1. The number of benzene rings is 4. The van der Waals surface area contributed by atoms with E-state index in [1.807, 2.05) is 91.9 Å². The number of H-pyrrole nitrogens is 1. The van der Waals surface area contributed by atoms with Crippen molar-refractivity contribution < 1.29 is 38.6 Å². The number of fused-ring (bicyclic) bond motifs is 1. The summed E-state index contributed by atoms with van der Waals surface area (Å²) >= 11 is 0. The molecule has 2 heterocycles. The van der Waals surface area contributed by atoms with Crippen LogP contribution in [0.15, 0.2) is 103 Å². The minimum absolute atomic E-state index is 0.0254. The number of anilines is 1. The average molecular weight is 1070 g/mol. The van der Waals surface area contributed by atoms with Gasteiger partial charge in [-0.1, -0.05) is 79.2 Å². The molecule has 16 heteroatoms. The highest BCUT2D eigenvalue weighted by molar-refractivity contribution is 5.90. The fraction of sp³-hybridized carbons (Fsp3) is 0.500. The summed E-state index contributed by atoms with van der Waals surface area (Å²) in [6, 6.07) is 31.2. The number of aliphatic carboxylic acids is 1. The molecule has 16 nitrogen and oxygen atoms in total. The summed E-state index contributed by atoms with van der Waals surface area (Å²) in [6.45, 7) is 4.81. The number of likely N-dealkylation sites (tertiary alicyclic amines) is 1. The Morgan fingerprint density at radius 3 is 2.24 bits per heavy atom. The number of ether oxygens (including phenoxy) is 1. The minimum atomic E-state index is -0.806. The van der Waals surface area contributed by atoms with Crippen LogP contribution in [0.5, 0.6) is 0 Å². The molecule has 9 N–H and O–H groups in total. The molecule has 5 atom stereocenters. The van der Waals surface area contributed by atoms with Gasteiger partial charge in [0.05, 0.1) is 35.9 Å². The van der Waals surface area contributed by atoms with Crippen LogP contribution in [0.3, 0.4) is 0 Å². The van der Waals surface area contributed by atoms with E-state index in [0.29, 0.717) is 77.1 Å². The molecule has 78 heavy (non-hydrogen) atoms. The van der Waals surface area contributed by atoms with E-state index in [1.165, 1.54) is 5.56 Å². The van der Waals surface area contributed by atoms with Gasteiger partial charge in [0.15, 0.2) is 0 Å². The number of aryl methyl sites for hydroxylation is 3. The quantitative estimate of drug-likeness (QED) is 0.0188. The first-order valence-electron chi connectivity index (χ1n) is 28.4. The number of unbranched alkanes of at least 4 members (excludes halogenated alkanes) is 1. The highest BCUT2D eigenvalue weighted by Gasteiger charge is 2.38. The third-order valence-electron chi connectivity index (χ3n) is 15.3. The van der Waals surface area contributed by atoms with Crippen LogP contribution in [0.25, 0.3) is 11.0 Å². The molecule has 5 unspecified atom stereocenters. The van der Waals surface area contributed by atoms with Crippen molar-refractivity contribution in [2.45, 2.75) is 154 Å². The zero-order valence-electron chi connectivity index (χ0n) is 45.7. The summed E-state index contributed by atoms with van der Waals surface area (Å²) in [4.78, 5) is 85.3. The van der Waals surface area contributed by atoms with Gasteiger partial charge in [0.2, 0.25) is 29.5 Å². The van der Waals surface area contributed by atoms with Gasteiger partial charge in [-0.2, -0.15) is 0 Å². The van der Waals surface area contributed by atoms with Gasteiger partial charge in [-0.15, -0.1) is 0 Å². The number of hydrogen-bond acceptors (Lipinski definition) is 9. The van der Waals surface area contributed by atoms with E-state index >= 15 is 0 Å². The number of nitrogens with one attached hydrogen (secondary N) is 4. The van der Waals surface area contributed by atoms with Crippen LogP contribution in [0.2, 0.25) is 0 Å². The summed E-state index contributed by atoms with van der Waals surface area (Å²) in [6.07, 6.45) is 13.9. The Labute approximate surface area is 460 Å². The Bertz CT molecular complexity index is 2660. The first-order valence-corrected chi connectivity index (χ1v) is 28.4. The van der Waals surface area contributed by atoms with E-state index in [2.05, 4.69) is 43.0 Å². The number of aromatic amines is 1. The number of carboxylic acids is 1. The SMILES string of the molecule is CCOC(CCCC(CCCC(=O)NCCCCc1ccc(CCC(N)=O)cc1CC(=O)NCc1ccc2nc[nH]c2c1)CC(=O)Nc1ccccc1)CCN1CC(CCc2ccccc2)C(CCCC(=O)O)CC1C(N)=O. The number of aromatic nitrogens is 2. The van der Waals surface area contributed by atoms with E-state index in [0.717, 1.165) is 110 Å². The lowest BCUT2D eigenvalue weighted by Gasteiger charge is -2.43. The second kappa shape index (κ2) is 32.7. The summed E-state index contributed by atoms with van der Waals surface area (Å²) in [5.41, 5.74) is 19.1. The smallest absolute Gasteiger partial charge is 0.303 e.